The van der Waals surface area contributed by atoms with Crippen LogP contribution in [0.25, 0.3) is 0 Å². The SMILES string of the molecule is CCCCN(CCCC)CCSCC. The zero-order chi connectivity index (χ0) is 10.6. The molecular formula is C12H27NS. The molecule has 0 N–H and O–H groups in total. The highest BCUT2D eigenvalue weighted by atomic mass is 32.2. The summed E-state index contributed by atoms with van der Waals surface area (Å²) in [5, 5.41) is 0. The van der Waals surface area contributed by atoms with Gasteiger partial charge in [-0.1, -0.05) is 33.6 Å². The fraction of sp³-hybridized carbons (Fsp3) is 1.00. The Balaban J connectivity index is 3.49. The van der Waals surface area contributed by atoms with E-state index in [4.69, 9.17) is 0 Å². The van der Waals surface area contributed by atoms with Crippen molar-refractivity contribution in [2.24, 2.45) is 0 Å². The molecule has 86 valence electrons. The highest BCUT2D eigenvalue weighted by molar-refractivity contribution is 7.99. The fourth-order valence-corrected chi connectivity index (χ4v) is 2.11. The number of thioether (sulfide) groups is 1. The van der Waals surface area contributed by atoms with Crippen LogP contribution in [-0.4, -0.2) is 36.0 Å². The average Bonchev–Trinajstić information content (AvgIpc) is 2.21. The Hall–Kier alpha value is 0.310. The molecular weight excluding hydrogens is 190 g/mol. The molecule has 0 atom stereocenters. The van der Waals surface area contributed by atoms with E-state index in [1.807, 2.05) is 0 Å². The van der Waals surface area contributed by atoms with Crippen LogP contribution in [0.15, 0.2) is 0 Å². The fourth-order valence-electron chi connectivity index (χ4n) is 1.44. The molecule has 0 bridgehead atoms. The summed E-state index contributed by atoms with van der Waals surface area (Å²) in [6, 6.07) is 0. The molecule has 0 aliphatic carbocycles. The number of hydrogen-bond donors (Lipinski definition) is 0. The van der Waals surface area contributed by atoms with Crippen molar-refractivity contribution in [3.63, 3.8) is 0 Å². The molecule has 1 nitrogen and oxygen atoms in total. The van der Waals surface area contributed by atoms with Crippen molar-refractivity contribution >= 4 is 11.8 Å². The zero-order valence-corrected chi connectivity index (χ0v) is 11.0. The molecule has 0 radical (unpaired) electrons. The number of rotatable bonds is 10. The van der Waals surface area contributed by atoms with Crippen LogP contribution in [0.2, 0.25) is 0 Å². The predicted molar refractivity (Wildman–Crippen MR) is 69.3 cm³/mol. The van der Waals surface area contributed by atoms with Gasteiger partial charge < -0.3 is 4.90 Å². The van der Waals surface area contributed by atoms with E-state index in [0.717, 1.165) is 0 Å². The molecule has 14 heavy (non-hydrogen) atoms. The first-order valence-electron chi connectivity index (χ1n) is 6.15. The molecule has 0 fully saturated rings. The summed E-state index contributed by atoms with van der Waals surface area (Å²) in [7, 11) is 0. The lowest BCUT2D eigenvalue weighted by molar-refractivity contribution is 0.281. The highest BCUT2D eigenvalue weighted by Crippen LogP contribution is 2.03. The molecule has 0 aromatic carbocycles. The minimum absolute atomic E-state index is 1.26. The van der Waals surface area contributed by atoms with E-state index < -0.39 is 0 Å². The maximum absolute atomic E-state index is 2.63. The molecule has 0 saturated carbocycles. The van der Waals surface area contributed by atoms with Crippen molar-refractivity contribution in [2.75, 3.05) is 31.1 Å². The lowest BCUT2D eigenvalue weighted by Gasteiger charge is -2.21. The van der Waals surface area contributed by atoms with E-state index in [1.165, 1.54) is 56.8 Å². The maximum atomic E-state index is 2.63. The molecule has 2 heteroatoms. The lowest BCUT2D eigenvalue weighted by atomic mass is 10.2. The van der Waals surface area contributed by atoms with E-state index in [9.17, 15) is 0 Å². The number of hydrogen-bond acceptors (Lipinski definition) is 2. The van der Waals surface area contributed by atoms with Gasteiger partial charge in [-0.15, -0.1) is 0 Å². The minimum atomic E-state index is 1.26. The van der Waals surface area contributed by atoms with Crippen LogP contribution < -0.4 is 0 Å². The van der Waals surface area contributed by atoms with Crippen LogP contribution in [0, 0.1) is 0 Å². The Bertz CT molecular complexity index is 98.5. The summed E-state index contributed by atoms with van der Waals surface area (Å²) in [6.45, 7) is 10.7. The first kappa shape index (κ1) is 14.3. The zero-order valence-electron chi connectivity index (χ0n) is 10.2. The summed E-state index contributed by atoms with van der Waals surface area (Å²) in [5.74, 6) is 2.57. The van der Waals surface area contributed by atoms with E-state index >= 15 is 0 Å². The molecule has 0 saturated heterocycles. The van der Waals surface area contributed by atoms with Crippen LogP contribution in [-0.2, 0) is 0 Å². The quantitative estimate of drug-likeness (QED) is 0.514. The van der Waals surface area contributed by atoms with Gasteiger partial charge in [-0.3, -0.25) is 0 Å². The second-order valence-corrected chi connectivity index (χ2v) is 5.14. The smallest absolute Gasteiger partial charge is 0.00723 e. The summed E-state index contributed by atoms with van der Waals surface area (Å²) in [5.41, 5.74) is 0. The second kappa shape index (κ2) is 11.4. The predicted octanol–water partition coefficient (Wildman–Crippen LogP) is 3.64. The standard InChI is InChI=1S/C12H27NS/c1-4-7-9-13(10-8-5-2)11-12-14-6-3/h4-12H2,1-3H3. The third-order valence-electron chi connectivity index (χ3n) is 2.41. The van der Waals surface area contributed by atoms with Crippen molar-refractivity contribution in [1.29, 1.82) is 0 Å². The monoisotopic (exact) mass is 217 g/mol. The van der Waals surface area contributed by atoms with Gasteiger partial charge in [-0.05, 0) is 31.7 Å². The Morgan fingerprint density at radius 1 is 0.857 bits per heavy atom. The Kier molecular flexibility index (Phi) is 11.6. The van der Waals surface area contributed by atoms with E-state index in [0.29, 0.717) is 0 Å². The normalized spacial score (nSPS) is 11.1. The average molecular weight is 217 g/mol. The summed E-state index contributed by atoms with van der Waals surface area (Å²) in [6.07, 6.45) is 5.37. The highest BCUT2D eigenvalue weighted by Gasteiger charge is 2.02. The molecule has 0 unspecified atom stereocenters. The van der Waals surface area contributed by atoms with Crippen molar-refractivity contribution in [3.8, 4) is 0 Å². The van der Waals surface area contributed by atoms with Gasteiger partial charge in [0.05, 0.1) is 0 Å². The van der Waals surface area contributed by atoms with Gasteiger partial charge in [0.25, 0.3) is 0 Å². The molecule has 0 aliphatic heterocycles. The summed E-state index contributed by atoms with van der Waals surface area (Å²) in [4.78, 5) is 2.63. The Labute approximate surface area is 94.6 Å². The lowest BCUT2D eigenvalue weighted by Crippen LogP contribution is -2.28. The maximum Gasteiger partial charge on any atom is 0.00723 e. The third-order valence-corrected chi connectivity index (χ3v) is 3.29. The summed E-state index contributed by atoms with van der Waals surface area (Å²) < 4.78 is 0. The van der Waals surface area contributed by atoms with Crippen molar-refractivity contribution in [1.82, 2.24) is 4.90 Å². The number of nitrogens with zero attached hydrogens (tertiary/aromatic N) is 1. The molecule has 0 aliphatic rings. The van der Waals surface area contributed by atoms with Crippen molar-refractivity contribution < 1.29 is 0 Å². The van der Waals surface area contributed by atoms with Gasteiger partial charge in [-0.25, -0.2) is 0 Å². The Morgan fingerprint density at radius 2 is 1.43 bits per heavy atom. The molecule has 0 heterocycles. The van der Waals surface area contributed by atoms with Crippen molar-refractivity contribution in [3.05, 3.63) is 0 Å². The van der Waals surface area contributed by atoms with Crippen LogP contribution in [0.4, 0.5) is 0 Å². The van der Waals surface area contributed by atoms with Gasteiger partial charge in [0.1, 0.15) is 0 Å². The van der Waals surface area contributed by atoms with Crippen LogP contribution in [0.5, 0.6) is 0 Å². The second-order valence-electron chi connectivity index (χ2n) is 3.75. The first-order valence-corrected chi connectivity index (χ1v) is 7.30. The summed E-state index contributed by atoms with van der Waals surface area (Å²) >= 11 is 2.06. The van der Waals surface area contributed by atoms with Gasteiger partial charge in [-0.2, -0.15) is 11.8 Å². The Morgan fingerprint density at radius 3 is 1.86 bits per heavy atom. The van der Waals surface area contributed by atoms with Gasteiger partial charge in [0.15, 0.2) is 0 Å². The molecule has 0 aromatic heterocycles. The topological polar surface area (TPSA) is 3.24 Å². The van der Waals surface area contributed by atoms with Crippen molar-refractivity contribution in [2.45, 2.75) is 46.5 Å². The third kappa shape index (κ3) is 8.89. The van der Waals surface area contributed by atoms with E-state index in [-0.39, 0.29) is 0 Å². The molecule has 0 spiro atoms. The number of unbranched alkanes of at least 4 members (excludes halogenated alkanes) is 2. The van der Waals surface area contributed by atoms with Crippen LogP contribution in [0.1, 0.15) is 46.5 Å². The molecule has 0 amide bonds. The van der Waals surface area contributed by atoms with Gasteiger partial charge >= 0.3 is 0 Å². The minimum Gasteiger partial charge on any atom is -0.303 e. The van der Waals surface area contributed by atoms with Gasteiger partial charge in [0, 0.05) is 12.3 Å². The van der Waals surface area contributed by atoms with E-state index in [1.54, 1.807) is 0 Å². The van der Waals surface area contributed by atoms with Crippen LogP contribution >= 0.6 is 11.8 Å². The van der Waals surface area contributed by atoms with E-state index in [2.05, 4.69) is 37.4 Å². The largest absolute Gasteiger partial charge is 0.303 e. The van der Waals surface area contributed by atoms with Gasteiger partial charge in [0.2, 0.25) is 0 Å². The van der Waals surface area contributed by atoms with Crippen LogP contribution in [0.3, 0.4) is 0 Å². The molecule has 0 aromatic rings. The molecule has 0 rings (SSSR count). The first-order chi connectivity index (χ1) is 6.85.